The standard InChI is InChI=1S/C22H35N3O3S/c1-17-16-18(2)20(4)22(19(17)3)29(27,28)25-14-12-23(13-15-25)11-8-21(26)24-9-6-5-7-10-24/h16H,5-15H2,1-4H3. The highest BCUT2D eigenvalue weighted by atomic mass is 32.2. The minimum atomic E-state index is -3.51. The molecule has 2 fully saturated rings. The molecule has 29 heavy (non-hydrogen) atoms. The molecule has 3 rings (SSSR count). The molecule has 162 valence electrons. The van der Waals surface area contributed by atoms with Gasteiger partial charge in [-0.05, 0) is 69.2 Å². The lowest BCUT2D eigenvalue weighted by molar-refractivity contribution is -0.132. The first-order chi connectivity index (χ1) is 13.7. The van der Waals surface area contributed by atoms with Gasteiger partial charge >= 0.3 is 0 Å². The van der Waals surface area contributed by atoms with E-state index in [0.29, 0.717) is 44.0 Å². The molecule has 6 nitrogen and oxygen atoms in total. The van der Waals surface area contributed by atoms with Gasteiger partial charge in [-0.3, -0.25) is 4.79 Å². The molecular formula is C22H35N3O3S. The highest BCUT2D eigenvalue weighted by molar-refractivity contribution is 7.89. The number of amides is 1. The molecule has 0 aliphatic carbocycles. The van der Waals surface area contributed by atoms with E-state index in [2.05, 4.69) is 11.0 Å². The molecule has 0 unspecified atom stereocenters. The molecule has 0 N–H and O–H groups in total. The van der Waals surface area contributed by atoms with Crippen molar-refractivity contribution < 1.29 is 13.2 Å². The number of sulfonamides is 1. The van der Waals surface area contributed by atoms with E-state index in [1.54, 1.807) is 4.31 Å². The molecule has 0 atom stereocenters. The van der Waals surface area contributed by atoms with Crippen molar-refractivity contribution in [1.29, 1.82) is 0 Å². The summed E-state index contributed by atoms with van der Waals surface area (Å²) >= 11 is 0. The Hall–Kier alpha value is -1.44. The van der Waals surface area contributed by atoms with Crippen LogP contribution in [0, 0.1) is 27.7 Å². The highest BCUT2D eigenvalue weighted by Gasteiger charge is 2.32. The number of hydrogen-bond acceptors (Lipinski definition) is 4. The summed E-state index contributed by atoms with van der Waals surface area (Å²) < 4.78 is 28.3. The van der Waals surface area contributed by atoms with Crippen molar-refractivity contribution in [2.24, 2.45) is 0 Å². The molecule has 0 radical (unpaired) electrons. The lowest BCUT2D eigenvalue weighted by atomic mass is 10.0. The summed E-state index contributed by atoms with van der Waals surface area (Å²) in [5.41, 5.74) is 3.73. The van der Waals surface area contributed by atoms with E-state index < -0.39 is 10.0 Å². The summed E-state index contributed by atoms with van der Waals surface area (Å²) in [5.74, 6) is 0.237. The number of piperidine rings is 1. The second-order valence-corrected chi connectivity index (χ2v) is 10.4. The molecule has 0 aromatic heterocycles. The first kappa shape index (κ1) is 22.2. The van der Waals surface area contributed by atoms with Gasteiger partial charge in [0.1, 0.15) is 0 Å². The number of rotatable bonds is 5. The van der Waals surface area contributed by atoms with Gasteiger partial charge < -0.3 is 9.80 Å². The van der Waals surface area contributed by atoms with Crippen LogP contribution in [-0.4, -0.2) is 74.2 Å². The van der Waals surface area contributed by atoms with Crippen LogP contribution in [0.5, 0.6) is 0 Å². The Labute approximate surface area is 175 Å². The molecule has 0 saturated carbocycles. The van der Waals surface area contributed by atoms with Crippen LogP contribution < -0.4 is 0 Å². The average Bonchev–Trinajstić information content (AvgIpc) is 2.71. The fraction of sp³-hybridized carbons (Fsp3) is 0.682. The average molecular weight is 422 g/mol. The fourth-order valence-corrected chi connectivity index (χ4v) is 6.44. The zero-order valence-corrected chi connectivity index (χ0v) is 19.1. The van der Waals surface area contributed by atoms with Gasteiger partial charge in [0.15, 0.2) is 0 Å². The molecule has 0 bridgehead atoms. The number of likely N-dealkylation sites (tertiary alicyclic amines) is 1. The summed E-state index contributed by atoms with van der Waals surface area (Å²) in [7, 11) is -3.51. The maximum Gasteiger partial charge on any atom is 0.243 e. The van der Waals surface area contributed by atoms with Crippen molar-refractivity contribution >= 4 is 15.9 Å². The van der Waals surface area contributed by atoms with Gasteiger partial charge in [-0.2, -0.15) is 4.31 Å². The summed E-state index contributed by atoms with van der Waals surface area (Å²) in [4.78, 5) is 17.1. The van der Waals surface area contributed by atoms with Crippen LogP contribution in [0.2, 0.25) is 0 Å². The van der Waals surface area contributed by atoms with Crippen LogP contribution in [-0.2, 0) is 14.8 Å². The number of piperazine rings is 1. The Morgan fingerprint density at radius 3 is 1.97 bits per heavy atom. The van der Waals surface area contributed by atoms with Crippen molar-refractivity contribution in [1.82, 2.24) is 14.1 Å². The molecule has 2 aliphatic heterocycles. The Bertz CT molecular complexity index is 826. The van der Waals surface area contributed by atoms with E-state index in [4.69, 9.17) is 0 Å². The van der Waals surface area contributed by atoms with Crippen LogP contribution >= 0.6 is 0 Å². The Morgan fingerprint density at radius 1 is 0.862 bits per heavy atom. The number of hydrogen-bond donors (Lipinski definition) is 0. The van der Waals surface area contributed by atoms with E-state index in [0.717, 1.165) is 48.2 Å². The Balaban J connectivity index is 1.60. The number of aryl methyl sites for hydroxylation is 2. The third-order valence-electron chi connectivity index (χ3n) is 6.58. The molecule has 7 heteroatoms. The van der Waals surface area contributed by atoms with Crippen LogP contribution in [0.15, 0.2) is 11.0 Å². The van der Waals surface area contributed by atoms with Gasteiger partial charge in [-0.25, -0.2) is 8.42 Å². The second-order valence-electron chi connectivity index (χ2n) is 8.53. The largest absolute Gasteiger partial charge is 0.343 e. The molecule has 0 spiro atoms. The summed E-state index contributed by atoms with van der Waals surface area (Å²) in [6, 6.07) is 2.06. The second kappa shape index (κ2) is 9.14. The molecule has 2 aliphatic rings. The maximum atomic E-state index is 13.4. The maximum absolute atomic E-state index is 13.4. The van der Waals surface area contributed by atoms with Gasteiger partial charge in [0, 0.05) is 52.2 Å². The minimum Gasteiger partial charge on any atom is -0.343 e. The summed E-state index contributed by atoms with van der Waals surface area (Å²) in [5, 5.41) is 0. The van der Waals surface area contributed by atoms with Gasteiger partial charge in [0.2, 0.25) is 15.9 Å². The third kappa shape index (κ3) is 4.84. The van der Waals surface area contributed by atoms with Gasteiger partial charge in [-0.1, -0.05) is 6.07 Å². The topological polar surface area (TPSA) is 60.9 Å². The lowest BCUT2D eigenvalue weighted by Gasteiger charge is -2.35. The highest BCUT2D eigenvalue weighted by Crippen LogP contribution is 2.29. The van der Waals surface area contributed by atoms with Crippen molar-refractivity contribution in [3.8, 4) is 0 Å². The number of carbonyl (C=O) groups excluding carboxylic acids is 1. The van der Waals surface area contributed by atoms with Crippen molar-refractivity contribution in [3.05, 3.63) is 28.3 Å². The Morgan fingerprint density at radius 2 is 1.41 bits per heavy atom. The zero-order valence-electron chi connectivity index (χ0n) is 18.3. The molecule has 1 aromatic carbocycles. The molecule has 1 amide bonds. The van der Waals surface area contributed by atoms with Crippen molar-refractivity contribution in [2.75, 3.05) is 45.8 Å². The quantitative estimate of drug-likeness (QED) is 0.733. The van der Waals surface area contributed by atoms with E-state index in [1.807, 2.05) is 32.6 Å². The minimum absolute atomic E-state index is 0.237. The van der Waals surface area contributed by atoms with Gasteiger partial charge in [0.25, 0.3) is 0 Å². The first-order valence-electron chi connectivity index (χ1n) is 10.8. The molecule has 2 saturated heterocycles. The molecule has 2 heterocycles. The first-order valence-corrected chi connectivity index (χ1v) is 12.2. The van der Waals surface area contributed by atoms with E-state index >= 15 is 0 Å². The van der Waals surface area contributed by atoms with Gasteiger partial charge in [-0.15, -0.1) is 0 Å². The van der Waals surface area contributed by atoms with Crippen molar-refractivity contribution in [3.63, 3.8) is 0 Å². The SMILES string of the molecule is Cc1cc(C)c(C)c(S(=O)(=O)N2CCN(CCC(=O)N3CCCCC3)CC2)c1C. The molecular weight excluding hydrogens is 386 g/mol. The van der Waals surface area contributed by atoms with Crippen LogP contribution in [0.1, 0.15) is 47.9 Å². The fourth-order valence-electron chi connectivity index (χ4n) is 4.45. The van der Waals surface area contributed by atoms with Crippen molar-refractivity contribution in [2.45, 2.75) is 58.3 Å². The van der Waals surface area contributed by atoms with Crippen LogP contribution in [0.4, 0.5) is 0 Å². The smallest absolute Gasteiger partial charge is 0.243 e. The summed E-state index contributed by atoms with van der Waals surface area (Å²) in [6.07, 6.45) is 3.97. The molecule has 1 aromatic rings. The van der Waals surface area contributed by atoms with E-state index in [1.165, 1.54) is 6.42 Å². The van der Waals surface area contributed by atoms with Gasteiger partial charge in [0.05, 0.1) is 4.90 Å². The predicted molar refractivity (Wildman–Crippen MR) is 116 cm³/mol. The zero-order chi connectivity index (χ0) is 21.2. The van der Waals surface area contributed by atoms with E-state index in [9.17, 15) is 13.2 Å². The van der Waals surface area contributed by atoms with Crippen LogP contribution in [0.25, 0.3) is 0 Å². The monoisotopic (exact) mass is 421 g/mol. The summed E-state index contributed by atoms with van der Waals surface area (Å²) in [6.45, 7) is 12.5. The normalized spacial score (nSPS) is 19.5. The van der Waals surface area contributed by atoms with Crippen LogP contribution in [0.3, 0.4) is 0 Å². The van der Waals surface area contributed by atoms with E-state index in [-0.39, 0.29) is 5.91 Å². The predicted octanol–water partition coefficient (Wildman–Crippen LogP) is 2.63. The Kier molecular flexibility index (Phi) is 7.02. The lowest BCUT2D eigenvalue weighted by Crippen LogP contribution is -2.49. The third-order valence-corrected chi connectivity index (χ3v) is 8.75. The number of benzene rings is 1. The number of carbonyl (C=O) groups is 1. The number of nitrogens with zero attached hydrogens (tertiary/aromatic N) is 3.